The van der Waals surface area contributed by atoms with Gasteiger partial charge in [-0.1, -0.05) is 20.8 Å². The molecule has 0 aliphatic rings. The normalized spacial score (nSPS) is 13.2. The minimum atomic E-state index is -1.27. The molecule has 0 spiro atoms. The summed E-state index contributed by atoms with van der Waals surface area (Å²) >= 11 is 0. The quantitative estimate of drug-likeness (QED) is 0.895. The molecule has 0 aromatic heterocycles. The predicted octanol–water partition coefficient (Wildman–Crippen LogP) is 2.63. The van der Waals surface area contributed by atoms with Crippen molar-refractivity contribution in [3.05, 3.63) is 35.1 Å². The number of aliphatic hydroxyl groups excluding tert-OH is 1. The van der Waals surface area contributed by atoms with E-state index in [2.05, 4.69) is 5.32 Å². The first-order chi connectivity index (χ1) is 9.14. The van der Waals surface area contributed by atoms with Crippen molar-refractivity contribution in [3.63, 3.8) is 0 Å². The lowest BCUT2D eigenvalue weighted by Gasteiger charge is -2.25. The zero-order valence-electron chi connectivity index (χ0n) is 11.6. The SMILES string of the molecule is CC(C)(C)CC(CO)NC(=O)c1c(F)cc(F)cc1F. The molecule has 3 nitrogen and oxygen atoms in total. The maximum atomic E-state index is 13.5. The van der Waals surface area contributed by atoms with Crippen molar-refractivity contribution in [1.29, 1.82) is 0 Å². The Bertz CT molecular complexity index is 475. The Morgan fingerprint density at radius 1 is 1.25 bits per heavy atom. The smallest absolute Gasteiger partial charge is 0.257 e. The first kappa shape index (κ1) is 16.5. The Labute approximate surface area is 115 Å². The molecule has 1 rings (SSSR count). The molecule has 0 bridgehead atoms. The van der Waals surface area contributed by atoms with Crippen LogP contribution in [0.25, 0.3) is 0 Å². The fourth-order valence-corrected chi connectivity index (χ4v) is 1.92. The van der Waals surface area contributed by atoms with Gasteiger partial charge in [-0.3, -0.25) is 4.79 Å². The van der Waals surface area contributed by atoms with Gasteiger partial charge in [0.25, 0.3) is 5.91 Å². The van der Waals surface area contributed by atoms with Crippen LogP contribution in [0.4, 0.5) is 13.2 Å². The van der Waals surface area contributed by atoms with Crippen molar-refractivity contribution in [2.24, 2.45) is 5.41 Å². The van der Waals surface area contributed by atoms with Crippen molar-refractivity contribution in [3.8, 4) is 0 Å². The standard InChI is InChI=1S/C14H18F3NO2/c1-14(2,3)6-9(7-19)18-13(20)12-10(16)4-8(15)5-11(12)17/h4-5,9,19H,6-7H2,1-3H3,(H,18,20). The molecule has 0 saturated heterocycles. The topological polar surface area (TPSA) is 49.3 Å². The van der Waals surface area contributed by atoms with Gasteiger partial charge in [-0.15, -0.1) is 0 Å². The van der Waals surface area contributed by atoms with Crippen LogP contribution in [-0.4, -0.2) is 23.7 Å². The van der Waals surface area contributed by atoms with Crippen molar-refractivity contribution in [1.82, 2.24) is 5.32 Å². The van der Waals surface area contributed by atoms with Crippen molar-refractivity contribution in [2.75, 3.05) is 6.61 Å². The summed E-state index contributed by atoms with van der Waals surface area (Å²) in [5, 5.41) is 11.6. The highest BCUT2D eigenvalue weighted by Gasteiger charge is 2.24. The number of benzene rings is 1. The Balaban J connectivity index is 2.91. The van der Waals surface area contributed by atoms with E-state index in [4.69, 9.17) is 0 Å². The fraction of sp³-hybridized carbons (Fsp3) is 0.500. The third-order valence-electron chi connectivity index (χ3n) is 2.65. The van der Waals surface area contributed by atoms with Gasteiger partial charge in [0.1, 0.15) is 23.0 Å². The number of hydrogen-bond acceptors (Lipinski definition) is 2. The van der Waals surface area contributed by atoms with E-state index in [1.54, 1.807) is 0 Å². The second kappa shape index (κ2) is 6.26. The second-order valence-electron chi connectivity index (χ2n) is 5.86. The maximum Gasteiger partial charge on any atom is 0.257 e. The maximum absolute atomic E-state index is 13.5. The summed E-state index contributed by atoms with van der Waals surface area (Å²) in [5.41, 5.74) is -1.03. The minimum Gasteiger partial charge on any atom is -0.394 e. The molecule has 1 amide bonds. The molecule has 0 radical (unpaired) electrons. The van der Waals surface area contributed by atoms with Gasteiger partial charge in [-0.05, 0) is 11.8 Å². The Morgan fingerprint density at radius 3 is 2.15 bits per heavy atom. The number of amides is 1. The van der Waals surface area contributed by atoms with Crippen LogP contribution in [0, 0.1) is 22.9 Å². The third kappa shape index (κ3) is 4.52. The van der Waals surface area contributed by atoms with Crippen molar-refractivity contribution in [2.45, 2.75) is 33.2 Å². The first-order valence-electron chi connectivity index (χ1n) is 6.20. The van der Waals surface area contributed by atoms with Gasteiger partial charge in [-0.25, -0.2) is 13.2 Å². The molecule has 112 valence electrons. The van der Waals surface area contributed by atoms with Crippen molar-refractivity contribution < 1.29 is 23.1 Å². The molecule has 1 atom stereocenters. The number of carbonyl (C=O) groups excluding carboxylic acids is 1. The fourth-order valence-electron chi connectivity index (χ4n) is 1.92. The van der Waals surface area contributed by atoms with E-state index in [0.717, 1.165) is 0 Å². The van der Waals surface area contributed by atoms with Crippen LogP contribution in [0.2, 0.25) is 0 Å². The molecule has 2 N–H and O–H groups in total. The number of halogens is 3. The molecule has 0 heterocycles. The number of rotatable bonds is 4. The van der Waals surface area contributed by atoms with E-state index in [1.165, 1.54) is 0 Å². The summed E-state index contributed by atoms with van der Waals surface area (Å²) in [6.07, 6.45) is 0.430. The first-order valence-corrected chi connectivity index (χ1v) is 6.20. The van der Waals surface area contributed by atoms with Crippen LogP contribution in [-0.2, 0) is 0 Å². The highest BCUT2D eigenvalue weighted by atomic mass is 19.1. The second-order valence-corrected chi connectivity index (χ2v) is 5.86. The molecule has 0 aliphatic carbocycles. The number of aliphatic hydroxyl groups is 1. The molecule has 1 aromatic carbocycles. The highest BCUT2D eigenvalue weighted by molar-refractivity contribution is 5.94. The molecular weight excluding hydrogens is 271 g/mol. The Hall–Kier alpha value is -1.56. The van der Waals surface area contributed by atoms with Crippen LogP contribution in [0.15, 0.2) is 12.1 Å². The Kier molecular flexibility index (Phi) is 5.16. The van der Waals surface area contributed by atoms with E-state index in [9.17, 15) is 23.1 Å². The largest absolute Gasteiger partial charge is 0.394 e. The summed E-state index contributed by atoms with van der Waals surface area (Å²) in [6.45, 7) is 5.36. The van der Waals surface area contributed by atoms with Crippen LogP contribution < -0.4 is 5.32 Å². The summed E-state index contributed by atoms with van der Waals surface area (Å²) in [5.74, 6) is -4.65. The molecule has 20 heavy (non-hydrogen) atoms. The van der Waals surface area contributed by atoms with Gasteiger partial charge in [0.15, 0.2) is 0 Å². The third-order valence-corrected chi connectivity index (χ3v) is 2.65. The van der Waals surface area contributed by atoms with Gasteiger partial charge in [-0.2, -0.15) is 0 Å². The van der Waals surface area contributed by atoms with Gasteiger partial charge < -0.3 is 10.4 Å². The molecule has 6 heteroatoms. The summed E-state index contributed by atoms with van der Waals surface area (Å²) in [7, 11) is 0. The average molecular weight is 289 g/mol. The number of nitrogens with one attached hydrogen (secondary N) is 1. The monoisotopic (exact) mass is 289 g/mol. The number of hydrogen-bond donors (Lipinski definition) is 2. The lowest BCUT2D eigenvalue weighted by atomic mass is 9.88. The molecule has 0 aliphatic heterocycles. The lowest BCUT2D eigenvalue weighted by molar-refractivity contribution is 0.0889. The molecule has 0 saturated carbocycles. The van der Waals surface area contributed by atoms with Crippen LogP contribution in [0.5, 0.6) is 0 Å². The van der Waals surface area contributed by atoms with E-state index in [0.29, 0.717) is 18.6 Å². The van der Waals surface area contributed by atoms with Gasteiger partial charge in [0.2, 0.25) is 0 Å². The Morgan fingerprint density at radius 2 is 1.75 bits per heavy atom. The lowest BCUT2D eigenvalue weighted by Crippen LogP contribution is -2.40. The van der Waals surface area contributed by atoms with E-state index >= 15 is 0 Å². The van der Waals surface area contributed by atoms with Crippen LogP contribution in [0.1, 0.15) is 37.6 Å². The molecule has 0 fully saturated rings. The zero-order chi connectivity index (χ0) is 15.5. The molecule has 1 aromatic rings. The minimum absolute atomic E-state index is 0.180. The van der Waals surface area contributed by atoms with E-state index in [-0.39, 0.29) is 12.0 Å². The zero-order valence-corrected chi connectivity index (χ0v) is 11.6. The number of carbonyl (C=O) groups is 1. The van der Waals surface area contributed by atoms with Gasteiger partial charge in [0.05, 0.1) is 12.6 Å². The van der Waals surface area contributed by atoms with Crippen LogP contribution >= 0.6 is 0 Å². The summed E-state index contributed by atoms with van der Waals surface area (Å²) in [4.78, 5) is 11.8. The van der Waals surface area contributed by atoms with Crippen LogP contribution in [0.3, 0.4) is 0 Å². The van der Waals surface area contributed by atoms with E-state index < -0.39 is 35.0 Å². The van der Waals surface area contributed by atoms with E-state index in [1.807, 2.05) is 20.8 Å². The average Bonchev–Trinajstić information content (AvgIpc) is 2.24. The highest BCUT2D eigenvalue weighted by Crippen LogP contribution is 2.21. The predicted molar refractivity (Wildman–Crippen MR) is 68.7 cm³/mol. The van der Waals surface area contributed by atoms with Gasteiger partial charge in [0, 0.05) is 12.1 Å². The summed E-state index contributed by atoms with van der Waals surface area (Å²) in [6, 6.07) is 0.247. The van der Waals surface area contributed by atoms with Gasteiger partial charge >= 0.3 is 0 Å². The molecular formula is C14H18F3NO2. The summed E-state index contributed by atoms with van der Waals surface area (Å²) < 4.78 is 39.7. The molecule has 1 unspecified atom stereocenters. The van der Waals surface area contributed by atoms with Crippen molar-refractivity contribution >= 4 is 5.91 Å².